The first kappa shape index (κ1) is 20.3. The molecular formula is C19H33N3O2. The third kappa shape index (κ3) is 9.40. The van der Waals surface area contributed by atoms with Gasteiger partial charge in [-0.15, -0.1) is 0 Å². The van der Waals surface area contributed by atoms with Gasteiger partial charge in [0.25, 0.3) is 0 Å². The fraction of sp³-hybridized carbons (Fsp3) is 0.632. The summed E-state index contributed by atoms with van der Waals surface area (Å²) in [5.41, 5.74) is 1.20. The Bertz CT molecular complexity index is 477. The number of methoxy groups -OCH3 is 1. The van der Waals surface area contributed by atoms with Gasteiger partial charge in [-0.05, 0) is 57.7 Å². The molecule has 0 aliphatic carbocycles. The minimum absolute atomic E-state index is 0.0314. The lowest BCUT2D eigenvalue weighted by molar-refractivity contribution is 0.192. The Balaban J connectivity index is 2.35. The maximum Gasteiger partial charge on any atom is 0.191 e. The highest BCUT2D eigenvalue weighted by Gasteiger charge is 2.05. The predicted octanol–water partition coefficient (Wildman–Crippen LogP) is 3.13. The highest BCUT2D eigenvalue weighted by atomic mass is 16.5. The van der Waals surface area contributed by atoms with E-state index in [-0.39, 0.29) is 6.10 Å². The molecule has 1 unspecified atom stereocenters. The molecule has 0 heterocycles. The molecule has 1 aromatic rings. The van der Waals surface area contributed by atoms with Crippen LogP contribution < -0.4 is 15.4 Å². The summed E-state index contributed by atoms with van der Waals surface area (Å²) in [6.07, 6.45) is 3.41. The lowest BCUT2D eigenvalue weighted by Crippen LogP contribution is -2.38. The van der Waals surface area contributed by atoms with Crippen LogP contribution in [0.25, 0.3) is 0 Å². The van der Waals surface area contributed by atoms with Crippen LogP contribution in [0.5, 0.6) is 5.75 Å². The van der Waals surface area contributed by atoms with Crippen molar-refractivity contribution in [3.05, 3.63) is 29.8 Å². The zero-order chi connectivity index (χ0) is 17.6. The van der Waals surface area contributed by atoms with Gasteiger partial charge in [0.1, 0.15) is 11.9 Å². The van der Waals surface area contributed by atoms with E-state index in [1.807, 2.05) is 25.1 Å². The van der Waals surface area contributed by atoms with Crippen molar-refractivity contribution in [2.45, 2.75) is 46.1 Å². The molecule has 136 valence electrons. The van der Waals surface area contributed by atoms with Crippen LogP contribution in [0.4, 0.5) is 0 Å². The van der Waals surface area contributed by atoms with Crippen molar-refractivity contribution in [3.63, 3.8) is 0 Å². The molecule has 0 saturated carbocycles. The van der Waals surface area contributed by atoms with E-state index in [4.69, 9.17) is 9.47 Å². The van der Waals surface area contributed by atoms with E-state index < -0.39 is 0 Å². The molecule has 1 aromatic carbocycles. The highest BCUT2D eigenvalue weighted by molar-refractivity contribution is 5.79. The standard InChI is InChI=1S/C19H33N3O2/c1-5-20-19(21-12-7-6-8-13-23-4)22-15-17(3)24-18-11-9-10-16(2)14-18/h9-11,14,17H,5-8,12-13,15H2,1-4H3,(H2,20,21,22). The average molecular weight is 335 g/mol. The summed E-state index contributed by atoms with van der Waals surface area (Å²) in [5, 5.41) is 6.64. The molecule has 2 N–H and O–H groups in total. The molecule has 0 aliphatic rings. The molecule has 0 amide bonds. The van der Waals surface area contributed by atoms with E-state index in [2.05, 4.69) is 35.5 Å². The van der Waals surface area contributed by atoms with Crippen LogP contribution in [-0.2, 0) is 4.74 Å². The number of hydrogen-bond donors (Lipinski definition) is 2. The van der Waals surface area contributed by atoms with Crippen LogP contribution in [0.1, 0.15) is 38.7 Å². The van der Waals surface area contributed by atoms with Gasteiger partial charge in [-0.1, -0.05) is 12.1 Å². The van der Waals surface area contributed by atoms with Gasteiger partial charge in [0.05, 0.1) is 6.54 Å². The zero-order valence-electron chi connectivity index (χ0n) is 15.6. The summed E-state index contributed by atoms with van der Waals surface area (Å²) in [6.45, 7) is 9.40. The number of unbranched alkanes of at least 4 members (excludes halogenated alkanes) is 2. The maximum absolute atomic E-state index is 5.92. The van der Waals surface area contributed by atoms with Crippen LogP contribution in [0.3, 0.4) is 0 Å². The highest BCUT2D eigenvalue weighted by Crippen LogP contribution is 2.14. The van der Waals surface area contributed by atoms with Crippen molar-refractivity contribution >= 4 is 5.96 Å². The van der Waals surface area contributed by atoms with Gasteiger partial charge in [0.2, 0.25) is 0 Å². The van der Waals surface area contributed by atoms with E-state index in [1.54, 1.807) is 7.11 Å². The van der Waals surface area contributed by atoms with Crippen molar-refractivity contribution in [1.29, 1.82) is 0 Å². The van der Waals surface area contributed by atoms with Crippen LogP contribution in [0.2, 0.25) is 0 Å². The summed E-state index contributed by atoms with van der Waals surface area (Å²) in [7, 11) is 1.74. The summed E-state index contributed by atoms with van der Waals surface area (Å²) in [4.78, 5) is 4.61. The van der Waals surface area contributed by atoms with Gasteiger partial charge in [0, 0.05) is 26.8 Å². The molecule has 5 heteroatoms. The monoisotopic (exact) mass is 335 g/mol. The molecule has 1 rings (SSSR count). The Kier molecular flexibility index (Phi) is 10.7. The van der Waals surface area contributed by atoms with Gasteiger partial charge in [-0.25, -0.2) is 4.99 Å². The Hall–Kier alpha value is -1.75. The van der Waals surface area contributed by atoms with E-state index in [0.717, 1.165) is 50.7 Å². The molecule has 0 saturated heterocycles. The molecule has 1 atom stereocenters. The average Bonchev–Trinajstić information content (AvgIpc) is 2.55. The fourth-order valence-electron chi connectivity index (χ4n) is 2.27. The molecule has 0 radical (unpaired) electrons. The summed E-state index contributed by atoms with van der Waals surface area (Å²) < 4.78 is 11.0. The van der Waals surface area contributed by atoms with Crippen molar-refractivity contribution in [1.82, 2.24) is 10.6 Å². The van der Waals surface area contributed by atoms with E-state index in [1.165, 1.54) is 5.56 Å². The van der Waals surface area contributed by atoms with Gasteiger partial charge in [-0.2, -0.15) is 0 Å². The molecule has 0 aliphatic heterocycles. The molecule has 0 fully saturated rings. The normalized spacial score (nSPS) is 12.8. The summed E-state index contributed by atoms with van der Waals surface area (Å²) >= 11 is 0. The van der Waals surface area contributed by atoms with E-state index >= 15 is 0 Å². The largest absolute Gasteiger partial charge is 0.489 e. The topological polar surface area (TPSA) is 54.9 Å². The number of nitrogens with one attached hydrogen (secondary N) is 2. The minimum atomic E-state index is 0.0314. The van der Waals surface area contributed by atoms with Crippen LogP contribution in [0, 0.1) is 6.92 Å². The maximum atomic E-state index is 5.92. The number of aryl methyl sites for hydroxylation is 1. The number of rotatable bonds is 11. The Morgan fingerprint density at radius 3 is 2.75 bits per heavy atom. The molecule has 0 bridgehead atoms. The van der Waals surface area contributed by atoms with Crippen molar-refractivity contribution in [2.24, 2.45) is 4.99 Å². The second-order valence-corrected chi connectivity index (χ2v) is 5.94. The lowest BCUT2D eigenvalue weighted by Gasteiger charge is -2.15. The smallest absolute Gasteiger partial charge is 0.191 e. The molecule has 0 spiro atoms. The van der Waals surface area contributed by atoms with E-state index in [9.17, 15) is 0 Å². The molecule has 5 nitrogen and oxygen atoms in total. The first-order valence-corrected chi connectivity index (χ1v) is 8.90. The lowest BCUT2D eigenvalue weighted by atomic mass is 10.2. The van der Waals surface area contributed by atoms with Gasteiger partial charge >= 0.3 is 0 Å². The number of benzene rings is 1. The van der Waals surface area contributed by atoms with Gasteiger partial charge in [-0.3, -0.25) is 0 Å². The Morgan fingerprint density at radius 1 is 1.21 bits per heavy atom. The predicted molar refractivity (Wildman–Crippen MR) is 101 cm³/mol. The summed E-state index contributed by atoms with van der Waals surface area (Å²) in [6, 6.07) is 8.10. The third-order valence-corrected chi connectivity index (χ3v) is 3.50. The van der Waals surface area contributed by atoms with Crippen LogP contribution >= 0.6 is 0 Å². The number of ether oxygens (including phenoxy) is 2. The second-order valence-electron chi connectivity index (χ2n) is 5.94. The van der Waals surface area contributed by atoms with Crippen molar-refractivity contribution in [2.75, 3.05) is 33.4 Å². The first-order chi connectivity index (χ1) is 11.7. The zero-order valence-corrected chi connectivity index (χ0v) is 15.6. The third-order valence-electron chi connectivity index (χ3n) is 3.50. The van der Waals surface area contributed by atoms with Crippen molar-refractivity contribution in [3.8, 4) is 5.75 Å². The second kappa shape index (κ2) is 12.6. The molecule has 0 aromatic heterocycles. The quantitative estimate of drug-likeness (QED) is 0.371. The van der Waals surface area contributed by atoms with Crippen LogP contribution in [-0.4, -0.2) is 45.4 Å². The van der Waals surface area contributed by atoms with Crippen molar-refractivity contribution < 1.29 is 9.47 Å². The molecular weight excluding hydrogens is 302 g/mol. The minimum Gasteiger partial charge on any atom is -0.489 e. The van der Waals surface area contributed by atoms with Gasteiger partial charge in [0.15, 0.2) is 5.96 Å². The number of hydrogen-bond acceptors (Lipinski definition) is 3. The molecule has 24 heavy (non-hydrogen) atoms. The van der Waals surface area contributed by atoms with Crippen LogP contribution in [0.15, 0.2) is 29.3 Å². The number of nitrogens with zero attached hydrogens (tertiary/aromatic N) is 1. The fourth-order valence-corrected chi connectivity index (χ4v) is 2.27. The first-order valence-electron chi connectivity index (χ1n) is 8.90. The Labute approximate surface area is 146 Å². The number of guanidine groups is 1. The summed E-state index contributed by atoms with van der Waals surface area (Å²) in [5.74, 6) is 1.75. The Morgan fingerprint density at radius 2 is 2.04 bits per heavy atom. The van der Waals surface area contributed by atoms with E-state index in [0.29, 0.717) is 6.54 Å². The number of aliphatic imine (C=N–C) groups is 1. The SMILES string of the molecule is CCNC(=NCC(C)Oc1cccc(C)c1)NCCCCCOC. The van der Waals surface area contributed by atoms with Gasteiger partial charge < -0.3 is 20.1 Å².